The van der Waals surface area contributed by atoms with E-state index in [-0.39, 0.29) is 6.04 Å². The number of hydrogen-bond donors (Lipinski definition) is 1. The second-order valence-corrected chi connectivity index (χ2v) is 5.18. The zero-order chi connectivity index (χ0) is 12.5. The fraction of sp³-hybridized carbons (Fsp3) is 0.400. The van der Waals surface area contributed by atoms with Crippen LogP contribution in [0.1, 0.15) is 34.8 Å². The second-order valence-electron chi connectivity index (χ2n) is 5.18. The highest BCUT2D eigenvalue weighted by molar-refractivity contribution is 5.35. The molecule has 3 rings (SSSR count). The van der Waals surface area contributed by atoms with Gasteiger partial charge in [0.15, 0.2) is 0 Å². The molecular formula is C15H19N3. The predicted molar refractivity (Wildman–Crippen MR) is 72.3 cm³/mol. The summed E-state index contributed by atoms with van der Waals surface area (Å²) in [6.45, 7) is 0. The summed E-state index contributed by atoms with van der Waals surface area (Å²) in [5.74, 6) is 0. The van der Waals surface area contributed by atoms with Crippen molar-refractivity contribution in [1.82, 2.24) is 9.78 Å². The van der Waals surface area contributed by atoms with Gasteiger partial charge < -0.3 is 5.73 Å². The maximum atomic E-state index is 6.21. The summed E-state index contributed by atoms with van der Waals surface area (Å²) in [5.41, 5.74) is 11.5. The number of fused-ring (bicyclic) bond motifs is 1. The lowest BCUT2D eigenvalue weighted by Crippen LogP contribution is -2.14. The van der Waals surface area contributed by atoms with Gasteiger partial charge in [-0.2, -0.15) is 5.10 Å². The predicted octanol–water partition coefficient (Wildman–Crippen LogP) is 2.15. The summed E-state index contributed by atoms with van der Waals surface area (Å²) in [6, 6.07) is 8.80. The molecule has 3 nitrogen and oxygen atoms in total. The number of rotatable bonds is 3. The van der Waals surface area contributed by atoms with Gasteiger partial charge in [-0.3, -0.25) is 4.68 Å². The Labute approximate surface area is 108 Å². The Balaban J connectivity index is 1.76. The van der Waals surface area contributed by atoms with Gasteiger partial charge in [0.05, 0.1) is 11.7 Å². The Kier molecular flexibility index (Phi) is 2.92. The van der Waals surface area contributed by atoms with Gasteiger partial charge in [-0.1, -0.05) is 18.2 Å². The largest absolute Gasteiger partial charge is 0.322 e. The molecule has 2 N–H and O–H groups in total. The first-order valence-corrected chi connectivity index (χ1v) is 6.58. The van der Waals surface area contributed by atoms with Crippen molar-refractivity contribution in [2.24, 2.45) is 12.8 Å². The quantitative estimate of drug-likeness (QED) is 0.895. The maximum Gasteiger partial charge on any atom is 0.0795 e. The highest BCUT2D eigenvalue weighted by Gasteiger charge is 2.14. The standard InChI is InChI=1S/C15H19N3/c1-18-8-7-15(17-18)14(16)10-11-5-6-12-3-2-4-13(12)9-11/h5-9,14H,2-4,10,16H2,1H3. The summed E-state index contributed by atoms with van der Waals surface area (Å²) in [7, 11) is 1.92. The minimum absolute atomic E-state index is 0.00865. The van der Waals surface area contributed by atoms with E-state index in [1.165, 1.54) is 36.0 Å². The van der Waals surface area contributed by atoms with Crippen molar-refractivity contribution in [3.05, 3.63) is 52.8 Å². The van der Waals surface area contributed by atoms with Gasteiger partial charge in [0, 0.05) is 13.2 Å². The molecule has 1 unspecified atom stereocenters. The average molecular weight is 241 g/mol. The van der Waals surface area contributed by atoms with Crippen LogP contribution in [0, 0.1) is 0 Å². The molecule has 1 aliphatic rings. The minimum Gasteiger partial charge on any atom is -0.322 e. The first-order valence-electron chi connectivity index (χ1n) is 6.58. The van der Waals surface area contributed by atoms with Crippen LogP contribution in [0.25, 0.3) is 0 Å². The van der Waals surface area contributed by atoms with Crippen LogP contribution in [-0.2, 0) is 26.3 Å². The van der Waals surface area contributed by atoms with E-state index < -0.39 is 0 Å². The number of nitrogens with zero attached hydrogens (tertiary/aromatic N) is 2. The van der Waals surface area contributed by atoms with Gasteiger partial charge >= 0.3 is 0 Å². The smallest absolute Gasteiger partial charge is 0.0795 e. The van der Waals surface area contributed by atoms with E-state index in [0.717, 1.165) is 12.1 Å². The highest BCUT2D eigenvalue weighted by Crippen LogP contribution is 2.24. The molecule has 0 saturated carbocycles. The van der Waals surface area contributed by atoms with Crippen molar-refractivity contribution in [3.63, 3.8) is 0 Å². The first-order chi connectivity index (χ1) is 8.72. The third kappa shape index (κ3) is 2.18. The number of benzene rings is 1. The molecule has 18 heavy (non-hydrogen) atoms. The number of aryl methyl sites for hydroxylation is 3. The zero-order valence-electron chi connectivity index (χ0n) is 10.8. The molecule has 0 radical (unpaired) electrons. The van der Waals surface area contributed by atoms with Crippen molar-refractivity contribution in [2.45, 2.75) is 31.7 Å². The molecule has 0 amide bonds. The Morgan fingerprint density at radius 2 is 2.11 bits per heavy atom. The van der Waals surface area contributed by atoms with Crippen molar-refractivity contribution < 1.29 is 0 Å². The van der Waals surface area contributed by atoms with Gasteiger partial charge in [0.2, 0.25) is 0 Å². The molecule has 0 bridgehead atoms. The van der Waals surface area contributed by atoms with Gasteiger partial charge in [-0.15, -0.1) is 0 Å². The third-order valence-corrected chi connectivity index (χ3v) is 3.73. The Morgan fingerprint density at radius 1 is 1.28 bits per heavy atom. The first kappa shape index (κ1) is 11.5. The van der Waals surface area contributed by atoms with E-state index in [9.17, 15) is 0 Å². The molecule has 0 fully saturated rings. The van der Waals surface area contributed by atoms with Crippen molar-refractivity contribution in [2.75, 3.05) is 0 Å². The fourth-order valence-electron chi connectivity index (χ4n) is 2.74. The minimum atomic E-state index is -0.00865. The summed E-state index contributed by atoms with van der Waals surface area (Å²) in [6.07, 6.45) is 6.57. The molecule has 0 saturated heterocycles. The Morgan fingerprint density at radius 3 is 2.89 bits per heavy atom. The van der Waals surface area contributed by atoms with Crippen LogP contribution in [0.15, 0.2) is 30.5 Å². The van der Waals surface area contributed by atoms with Crippen LogP contribution in [0.3, 0.4) is 0 Å². The van der Waals surface area contributed by atoms with E-state index in [1.54, 1.807) is 4.68 Å². The van der Waals surface area contributed by atoms with Crippen molar-refractivity contribution >= 4 is 0 Å². The normalized spacial score (nSPS) is 15.7. The van der Waals surface area contributed by atoms with Gasteiger partial charge in [0.25, 0.3) is 0 Å². The molecule has 3 heteroatoms. The molecular weight excluding hydrogens is 222 g/mol. The topological polar surface area (TPSA) is 43.8 Å². The number of hydrogen-bond acceptors (Lipinski definition) is 2. The summed E-state index contributed by atoms with van der Waals surface area (Å²) in [4.78, 5) is 0. The lowest BCUT2D eigenvalue weighted by atomic mass is 10.00. The third-order valence-electron chi connectivity index (χ3n) is 3.73. The molecule has 1 aliphatic carbocycles. The monoisotopic (exact) mass is 241 g/mol. The van der Waals surface area contributed by atoms with E-state index >= 15 is 0 Å². The summed E-state index contributed by atoms with van der Waals surface area (Å²) >= 11 is 0. The highest BCUT2D eigenvalue weighted by atomic mass is 15.3. The van der Waals surface area contributed by atoms with E-state index in [1.807, 2.05) is 19.3 Å². The maximum absolute atomic E-state index is 6.21. The lowest BCUT2D eigenvalue weighted by molar-refractivity contribution is 0.657. The Bertz CT molecular complexity index is 557. The van der Waals surface area contributed by atoms with Crippen molar-refractivity contribution in [1.29, 1.82) is 0 Å². The SMILES string of the molecule is Cn1ccc(C(N)Cc2ccc3c(c2)CCC3)n1. The van der Waals surface area contributed by atoms with Crippen LogP contribution in [0.4, 0.5) is 0 Å². The number of aromatic nitrogens is 2. The van der Waals surface area contributed by atoms with Gasteiger partial charge in [-0.05, 0) is 48.4 Å². The Hall–Kier alpha value is -1.61. The molecule has 94 valence electrons. The molecule has 0 aliphatic heterocycles. The van der Waals surface area contributed by atoms with Gasteiger partial charge in [-0.25, -0.2) is 0 Å². The molecule has 2 aromatic rings. The summed E-state index contributed by atoms with van der Waals surface area (Å²) < 4.78 is 1.80. The van der Waals surface area contributed by atoms with Crippen LogP contribution in [0.2, 0.25) is 0 Å². The summed E-state index contributed by atoms with van der Waals surface area (Å²) in [5, 5.41) is 4.37. The van der Waals surface area contributed by atoms with E-state index in [4.69, 9.17) is 5.73 Å². The number of nitrogens with two attached hydrogens (primary N) is 1. The van der Waals surface area contributed by atoms with Crippen LogP contribution >= 0.6 is 0 Å². The second kappa shape index (κ2) is 4.58. The van der Waals surface area contributed by atoms with Gasteiger partial charge in [0.1, 0.15) is 0 Å². The van der Waals surface area contributed by atoms with Crippen molar-refractivity contribution in [3.8, 4) is 0 Å². The molecule has 0 spiro atoms. The van der Waals surface area contributed by atoms with Crippen LogP contribution < -0.4 is 5.73 Å². The molecule has 1 heterocycles. The zero-order valence-corrected chi connectivity index (χ0v) is 10.8. The van der Waals surface area contributed by atoms with E-state index in [0.29, 0.717) is 0 Å². The fourth-order valence-corrected chi connectivity index (χ4v) is 2.74. The van der Waals surface area contributed by atoms with Crippen LogP contribution in [0.5, 0.6) is 0 Å². The average Bonchev–Trinajstić information content (AvgIpc) is 2.96. The lowest BCUT2D eigenvalue weighted by Gasteiger charge is -2.10. The molecule has 1 atom stereocenters. The molecule has 1 aromatic carbocycles. The molecule has 1 aromatic heterocycles. The van der Waals surface area contributed by atoms with E-state index in [2.05, 4.69) is 23.3 Å². The van der Waals surface area contributed by atoms with Crippen LogP contribution in [-0.4, -0.2) is 9.78 Å².